The van der Waals surface area contributed by atoms with Crippen molar-refractivity contribution >= 4 is 95.1 Å². The zero-order chi connectivity index (χ0) is 73.3. The average molecular weight is 1500 g/mol. The van der Waals surface area contributed by atoms with Crippen LogP contribution in [-0.2, 0) is 39.0 Å². The number of nitrogens with zero attached hydrogens (tertiary/aromatic N) is 6. The van der Waals surface area contributed by atoms with Gasteiger partial charge in [0.25, 0.3) is 25.8 Å². The van der Waals surface area contributed by atoms with E-state index in [1.807, 2.05) is 85.3 Å². The van der Waals surface area contributed by atoms with Crippen molar-refractivity contribution in [1.29, 1.82) is 0 Å². The molecule has 4 heterocycles. The number of carbonyl (C=O) groups excluding carboxylic acids is 4. The number of amides is 4. The maximum absolute atomic E-state index is 14.6. The standard InChI is InChI=1S/C74H92ClF3N10O10S4/c1-49(51-13-15-53(16-14-51)67-50(2)79-48-100-67)80-70(92)64-41-59(89)45-88(64)71(93)68(72(3,4)5)82-66(90)46-98-40-39-85-33-31-84(32-34-85)30-28-57(47-99-60-11-9-8-10-12-60)81-63-26-25-61(42-65(63)101(94,95)74(76,77)78)102(96,97)83-69(91)54-19-23-58(24-20-54)87-37-35-86(36-38-87)44-55-43-73(6,7)29-27-62(55)52-17-21-56(75)22-18-52/h8-26,42,48-49,57,59,64,68,81,89H,27-41,43-47H2,1-7H3,(H,80,92)(H,82,90)(H,83,91)/t49-,57?,59+,64-,68?/m0/s1. The van der Waals surface area contributed by atoms with Crippen LogP contribution in [0.15, 0.2) is 147 Å². The number of nitrogens with one attached hydrogen (secondary N) is 4. The maximum atomic E-state index is 14.6. The van der Waals surface area contributed by atoms with Crippen LogP contribution >= 0.6 is 34.7 Å². The van der Waals surface area contributed by atoms with E-state index in [2.05, 4.69) is 66.5 Å². The van der Waals surface area contributed by atoms with Gasteiger partial charge in [-0.05, 0) is 139 Å². The largest absolute Gasteiger partial charge is 0.501 e. The predicted octanol–water partition coefficient (Wildman–Crippen LogP) is 10.9. The summed E-state index contributed by atoms with van der Waals surface area (Å²) in [5, 5.41) is 20.3. The number of thiazole rings is 1. The van der Waals surface area contributed by atoms with Crippen molar-refractivity contribution in [1.82, 2.24) is 39.9 Å². The number of anilines is 2. The van der Waals surface area contributed by atoms with Crippen LogP contribution in [0.5, 0.6) is 0 Å². The lowest BCUT2D eigenvalue weighted by Crippen LogP contribution is -2.58. The van der Waals surface area contributed by atoms with E-state index >= 15 is 0 Å². The fraction of sp³-hybridized carbons (Fsp3) is 0.473. The Kier molecular flexibility index (Phi) is 25.5. The third-order valence-corrected chi connectivity index (χ3v) is 24.6. The number of sulfonamides is 1. The highest BCUT2D eigenvalue weighted by Crippen LogP contribution is 2.44. The number of allylic oxidation sites excluding steroid dienone is 1. The summed E-state index contributed by atoms with van der Waals surface area (Å²) in [6, 6.07) is 30.8. The van der Waals surface area contributed by atoms with Crippen LogP contribution in [0.1, 0.15) is 107 Å². The lowest BCUT2D eigenvalue weighted by Gasteiger charge is -2.39. The lowest BCUT2D eigenvalue weighted by atomic mass is 9.73. The smallest absolute Gasteiger partial charge is 0.391 e. The Balaban J connectivity index is 0.704. The van der Waals surface area contributed by atoms with Gasteiger partial charge < -0.3 is 40.5 Å². The summed E-state index contributed by atoms with van der Waals surface area (Å²) in [5.41, 5.74) is 2.51. The molecule has 5 aromatic carbocycles. The Morgan fingerprint density at radius 1 is 0.814 bits per heavy atom. The SMILES string of the molecule is Cc1ncsc1-c1ccc([C@H](C)NC(=O)[C@@H]2C[C@@H](O)CN2C(=O)C(NC(=O)COCCN2CCN(CCC(CSc3ccccc3)Nc3ccc(S(=O)(=O)NC(=O)c4ccc(N5CCN(CC6=C(c7ccc(Cl)cc7)CCC(C)(C)C6)CC5)cc4)cc3S(=O)(=O)C(F)(F)F)CC2)C(C)(C)C)cc1. The first kappa shape index (κ1) is 77.7. The number of carbonyl (C=O) groups is 4. The van der Waals surface area contributed by atoms with Crippen LogP contribution in [-0.4, -0.2) is 197 Å². The number of likely N-dealkylation sites (tertiary alicyclic amines) is 1. The molecule has 20 nitrogen and oxygen atoms in total. The molecule has 0 saturated carbocycles. The molecule has 0 radical (unpaired) electrons. The predicted molar refractivity (Wildman–Crippen MR) is 395 cm³/mol. The first-order valence-corrected chi connectivity index (χ1v) is 39.6. The minimum absolute atomic E-state index is 0.0359. The van der Waals surface area contributed by atoms with Crippen molar-refractivity contribution in [3.63, 3.8) is 0 Å². The summed E-state index contributed by atoms with van der Waals surface area (Å²) in [7, 11) is -11.1. The van der Waals surface area contributed by atoms with Gasteiger partial charge in [0.2, 0.25) is 17.7 Å². The van der Waals surface area contributed by atoms with Crippen LogP contribution in [0.4, 0.5) is 24.5 Å². The second-order valence-corrected chi connectivity index (χ2v) is 34.6. The maximum Gasteiger partial charge on any atom is 0.501 e. The van der Waals surface area contributed by atoms with Crippen molar-refractivity contribution in [2.45, 2.75) is 131 Å². The van der Waals surface area contributed by atoms with Crippen LogP contribution in [0, 0.1) is 17.8 Å². The highest BCUT2D eigenvalue weighted by atomic mass is 35.5. The second kappa shape index (κ2) is 33.5. The van der Waals surface area contributed by atoms with Crippen molar-refractivity contribution in [2.24, 2.45) is 10.8 Å². The number of aromatic nitrogens is 1. The second-order valence-electron chi connectivity index (χ2n) is 28.7. The van der Waals surface area contributed by atoms with Gasteiger partial charge in [0.15, 0.2) is 0 Å². The quantitative estimate of drug-likeness (QED) is 0.0238. The van der Waals surface area contributed by atoms with E-state index < -0.39 is 100 Å². The van der Waals surface area contributed by atoms with Crippen LogP contribution in [0.2, 0.25) is 5.02 Å². The Bertz CT molecular complexity index is 4170. The number of piperazine rings is 2. The molecule has 1 aliphatic carbocycles. The van der Waals surface area contributed by atoms with E-state index in [4.69, 9.17) is 16.3 Å². The minimum atomic E-state index is -6.17. The van der Waals surface area contributed by atoms with Gasteiger partial charge in [-0.2, -0.15) is 13.2 Å². The van der Waals surface area contributed by atoms with Gasteiger partial charge in [0.05, 0.1) is 45.4 Å². The van der Waals surface area contributed by atoms with E-state index in [0.717, 1.165) is 83.3 Å². The molecular weight excluding hydrogens is 1410 g/mol. The van der Waals surface area contributed by atoms with Gasteiger partial charge in [-0.1, -0.05) is 106 Å². The molecule has 0 bridgehead atoms. The monoisotopic (exact) mass is 1500 g/mol. The molecule has 3 saturated heterocycles. The summed E-state index contributed by atoms with van der Waals surface area (Å²) in [4.78, 5) is 69.6. The number of sulfone groups is 1. The summed E-state index contributed by atoms with van der Waals surface area (Å²) in [6.45, 7) is 20.8. The highest BCUT2D eigenvalue weighted by molar-refractivity contribution is 7.99. The van der Waals surface area contributed by atoms with E-state index in [0.29, 0.717) is 69.9 Å². The summed E-state index contributed by atoms with van der Waals surface area (Å²) in [6.07, 6.45) is 2.52. The number of hydrogen-bond acceptors (Lipinski definition) is 18. The molecule has 4 amide bonds. The first-order valence-electron chi connectivity index (χ1n) is 34.4. The number of β-amino-alcohol motifs (C(OH)–C–C–N with tert-alkyl or cyclic N) is 1. The topological polar surface area (TPSA) is 243 Å². The minimum Gasteiger partial charge on any atom is -0.391 e. The van der Waals surface area contributed by atoms with Gasteiger partial charge in [-0.3, -0.25) is 29.0 Å². The van der Waals surface area contributed by atoms with E-state index in [9.17, 15) is 54.3 Å². The first-order chi connectivity index (χ1) is 48.3. The molecule has 1 aromatic heterocycles. The van der Waals surface area contributed by atoms with Crippen LogP contribution < -0.4 is 25.6 Å². The molecule has 3 aliphatic heterocycles. The molecule has 28 heteroatoms. The molecule has 6 aromatic rings. The molecule has 3 fully saturated rings. The number of benzene rings is 5. The van der Waals surface area contributed by atoms with Crippen molar-refractivity contribution in [2.75, 3.05) is 108 Å². The molecular formula is C74H92ClF3N10O10S4. The number of aliphatic hydroxyl groups excluding tert-OH is 1. The Labute approximate surface area is 610 Å². The van der Waals surface area contributed by atoms with Gasteiger partial charge in [0, 0.05) is 118 Å². The number of aliphatic hydroxyl groups is 1. The molecule has 2 unspecified atom stereocenters. The summed E-state index contributed by atoms with van der Waals surface area (Å²) in [5.74, 6) is -2.23. The molecule has 102 heavy (non-hydrogen) atoms. The number of halogens is 4. The van der Waals surface area contributed by atoms with Gasteiger partial charge in [0.1, 0.15) is 23.6 Å². The van der Waals surface area contributed by atoms with Crippen molar-refractivity contribution in [3.05, 3.63) is 160 Å². The molecule has 4 aliphatic rings. The number of ether oxygens (including phenoxy) is 1. The number of hydrogen-bond donors (Lipinski definition) is 5. The normalized spacial score (nSPS) is 19.1. The van der Waals surface area contributed by atoms with Gasteiger partial charge in [-0.15, -0.1) is 23.1 Å². The Morgan fingerprint density at radius 3 is 2.10 bits per heavy atom. The van der Waals surface area contributed by atoms with Gasteiger partial charge >= 0.3 is 5.51 Å². The molecule has 550 valence electrons. The van der Waals surface area contributed by atoms with E-state index in [1.165, 1.54) is 45.5 Å². The Hall–Kier alpha value is -6.92. The van der Waals surface area contributed by atoms with Crippen LogP contribution in [0.3, 0.4) is 0 Å². The average Bonchev–Trinajstić information content (AvgIpc) is 0.935. The van der Waals surface area contributed by atoms with Crippen molar-refractivity contribution < 1.29 is 59.0 Å². The molecule has 0 spiro atoms. The zero-order valence-electron chi connectivity index (χ0n) is 58.6. The van der Waals surface area contributed by atoms with Crippen molar-refractivity contribution in [3.8, 4) is 10.4 Å². The number of alkyl halides is 3. The fourth-order valence-corrected chi connectivity index (χ4v) is 17.4. The fourth-order valence-electron chi connectivity index (χ4n) is 13.5. The molecule has 5 atom stereocenters. The lowest BCUT2D eigenvalue weighted by molar-refractivity contribution is -0.144. The third kappa shape index (κ3) is 20.1. The van der Waals surface area contributed by atoms with Crippen LogP contribution in [0.25, 0.3) is 16.0 Å². The zero-order valence-corrected chi connectivity index (χ0v) is 62.6. The number of rotatable bonds is 27. The van der Waals surface area contributed by atoms with Gasteiger partial charge in [-0.25, -0.2) is 26.5 Å². The third-order valence-electron chi connectivity index (χ3n) is 19.4. The summed E-state index contributed by atoms with van der Waals surface area (Å²) >= 11 is 9.18. The van der Waals surface area contributed by atoms with E-state index in [-0.39, 0.29) is 42.9 Å². The number of aryl methyl sites for hydroxylation is 1. The van der Waals surface area contributed by atoms with E-state index in [1.54, 1.807) is 49.8 Å². The molecule has 5 N–H and O–H groups in total. The Morgan fingerprint density at radius 2 is 1.46 bits per heavy atom. The highest BCUT2D eigenvalue weighted by Gasteiger charge is 2.49. The number of thioether (sulfide) groups is 1. The molecule has 10 rings (SSSR count). The summed E-state index contributed by atoms with van der Waals surface area (Å²) < 4.78 is 106.